The Balaban J connectivity index is 0.976. The van der Waals surface area contributed by atoms with Gasteiger partial charge >= 0.3 is 0 Å². The topological polar surface area (TPSA) is 552 Å². The number of aromatic hydroxyl groups is 20. The maximum atomic E-state index is 13.6. The van der Waals surface area contributed by atoms with Gasteiger partial charge in [-0.05, 0) is 88.5 Å². The zero-order valence-electron chi connectivity index (χ0n) is 53.6. The molecular formula is C75H62O30. The third-order valence-corrected chi connectivity index (χ3v) is 20.2. The number of fused-ring (bicyclic) bond motifs is 5. The molecule has 14 atom stereocenters. The lowest BCUT2D eigenvalue weighted by atomic mass is 9.71. The minimum atomic E-state index is -2.32. The molecular weight excluding hydrogens is 1380 g/mol. The van der Waals surface area contributed by atoms with Gasteiger partial charge in [-0.1, -0.05) is 30.3 Å². The van der Waals surface area contributed by atoms with E-state index in [-0.39, 0.29) is 44.7 Å². The Morgan fingerprint density at radius 3 is 0.895 bits per heavy atom. The third-order valence-electron chi connectivity index (χ3n) is 20.2. The molecule has 15 rings (SSSR count). The second-order valence-electron chi connectivity index (χ2n) is 26.3. The van der Waals surface area contributed by atoms with Crippen LogP contribution in [-0.4, -0.2) is 158 Å². The molecule has 0 saturated carbocycles. The van der Waals surface area contributed by atoms with E-state index < -0.39 is 268 Å². The van der Waals surface area contributed by atoms with Crippen LogP contribution in [0, 0.1) is 0 Å². The summed E-state index contributed by atoms with van der Waals surface area (Å²) in [6, 6.07) is 21.3. The van der Waals surface area contributed by atoms with Gasteiger partial charge in [-0.25, -0.2) is 0 Å². The lowest BCUT2D eigenvalue weighted by Gasteiger charge is -2.43. The number of rotatable bonds is 9. The fourth-order valence-electron chi connectivity index (χ4n) is 15.4. The molecule has 0 saturated heterocycles. The van der Waals surface area contributed by atoms with Gasteiger partial charge in [0.15, 0.2) is 81.9 Å². The van der Waals surface area contributed by atoms with E-state index in [4.69, 9.17) is 23.7 Å². The van der Waals surface area contributed by atoms with Gasteiger partial charge < -0.3 is 151 Å². The van der Waals surface area contributed by atoms with E-state index in [1.807, 2.05) is 0 Å². The van der Waals surface area contributed by atoms with Crippen molar-refractivity contribution in [3.05, 3.63) is 205 Å². The highest BCUT2D eigenvalue weighted by Crippen LogP contribution is 2.66. The molecule has 0 aromatic heterocycles. The Kier molecular flexibility index (Phi) is 15.9. The minimum Gasteiger partial charge on any atom is -0.508 e. The maximum Gasteiger partial charge on any atom is 0.157 e. The number of hydrogen-bond acceptors (Lipinski definition) is 30. The summed E-state index contributed by atoms with van der Waals surface area (Å²) in [4.78, 5) is 0. The molecule has 0 amide bonds. The van der Waals surface area contributed by atoms with Crippen molar-refractivity contribution in [3.63, 3.8) is 0 Å². The molecule has 30 heteroatoms. The van der Waals surface area contributed by atoms with E-state index in [1.54, 1.807) is 0 Å². The number of phenols is 20. The average Bonchev–Trinajstić information content (AvgIpc) is 0.714. The van der Waals surface area contributed by atoms with E-state index in [0.29, 0.717) is 6.07 Å². The quantitative estimate of drug-likeness (QED) is 0.0628. The smallest absolute Gasteiger partial charge is 0.157 e. The SMILES string of the molecule is Oc1cc(O)c2c(c1)OC(c1ccc(O)c(O)c1)C(O)C2c1c(O)cc(O)c2c1OC(c1ccc(O)c(O)c1)C(O)C2c1c(O)cc2c(c1O)C(c1c(O)cc3c(c1O)C(c1c(O)cc(O)c4c1OC(c1ccc(O)c(O)c1)C(O)C4)C(O)C(c1ccc(O)c(O)c1)O3)C(O)C(c1ccc(O)c(O)c1)O2. The molecule has 14 unspecified atom stereocenters. The van der Waals surface area contributed by atoms with Gasteiger partial charge in [0.05, 0.1) is 29.8 Å². The van der Waals surface area contributed by atoms with Gasteiger partial charge in [0, 0.05) is 92.9 Å². The van der Waals surface area contributed by atoms with Crippen LogP contribution in [0.25, 0.3) is 0 Å². The van der Waals surface area contributed by atoms with Crippen LogP contribution < -0.4 is 23.7 Å². The number of ether oxygens (including phenoxy) is 5. The van der Waals surface area contributed by atoms with Crippen LogP contribution in [0.1, 0.15) is 132 Å². The van der Waals surface area contributed by atoms with Crippen LogP contribution in [-0.2, 0) is 6.42 Å². The Morgan fingerprint density at radius 2 is 0.514 bits per heavy atom. The first-order chi connectivity index (χ1) is 49.9. The molecule has 0 radical (unpaired) electrons. The van der Waals surface area contributed by atoms with Crippen molar-refractivity contribution in [3.8, 4) is 144 Å². The van der Waals surface area contributed by atoms with Crippen molar-refractivity contribution in [1.82, 2.24) is 0 Å². The number of aliphatic hydroxyl groups excluding tert-OH is 5. The predicted molar refractivity (Wildman–Crippen MR) is 356 cm³/mol. The summed E-state index contributed by atoms with van der Waals surface area (Å²) in [5, 5.41) is 294. The summed E-state index contributed by atoms with van der Waals surface area (Å²) >= 11 is 0. The van der Waals surface area contributed by atoms with Crippen LogP contribution in [0.3, 0.4) is 0 Å². The van der Waals surface area contributed by atoms with Crippen molar-refractivity contribution in [2.45, 2.75) is 91.1 Å². The van der Waals surface area contributed by atoms with Crippen molar-refractivity contribution in [2.24, 2.45) is 0 Å². The minimum absolute atomic E-state index is 0.0287. The number of benzene rings is 10. The Hall–Kier alpha value is -13.0. The summed E-state index contributed by atoms with van der Waals surface area (Å²) in [7, 11) is 0. The lowest BCUT2D eigenvalue weighted by molar-refractivity contribution is -0.00418. The normalized spacial score (nSPS) is 24.2. The second kappa shape index (κ2) is 24.6. The molecule has 542 valence electrons. The molecule has 10 aromatic rings. The van der Waals surface area contributed by atoms with E-state index in [9.17, 15) is 128 Å². The molecule has 5 heterocycles. The van der Waals surface area contributed by atoms with Crippen molar-refractivity contribution in [1.29, 1.82) is 0 Å². The van der Waals surface area contributed by atoms with Crippen LogP contribution >= 0.6 is 0 Å². The Labute approximate surface area is 589 Å². The van der Waals surface area contributed by atoms with Crippen LogP contribution in [0.4, 0.5) is 0 Å². The summed E-state index contributed by atoms with van der Waals surface area (Å²) in [5.41, 5.74) is -5.81. The summed E-state index contributed by atoms with van der Waals surface area (Å²) in [6.45, 7) is 0. The first-order valence-electron chi connectivity index (χ1n) is 32.1. The fraction of sp³-hybridized carbons (Fsp3) is 0.200. The molecule has 25 N–H and O–H groups in total. The fourth-order valence-corrected chi connectivity index (χ4v) is 15.4. The molecule has 0 fully saturated rings. The van der Waals surface area contributed by atoms with E-state index >= 15 is 0 Å². The highest BCUT2D eigenvalue weighted by Gasteiger charge is 2.54. The van der Waals surface area contributed by atoms with Crippen molar-refractivity contribution < 1.29 is 151 Å². The highest BCUT2D eigenvalue weighted by atomic mass is 16.5. The summed E-state index contributed by atoms with van der Waals surface area (Å²) in [5.74, 6) is -27.1. The predicted octanol–water partition coefficient (Wildman–Crippen LogP) is 7.34. The molecule has 0 spiro atoms. The molecule has 5 aliphatic heterocycles. The Morgan fingerprint density at radius 1 is 0.229 bits per heavy atom. The third kappa shape index (κ3) is 10.7. The molecule has 105 heavy (non-hydrogen) atoms. The standard InChI is InChI=1S/C75H62O30/c76-28-16-41(88)51-48(17-28)101-70(24-2-7-31(78)37(84)12-24)65(97)59(51)55-43(90)20-44(91)56-60(66(98)73(105-75(55)56)27-5-10-34(81)40(87)15-27)52-45(92)21-49-57(63(52)95)61(67(99)71(102-49)25-3-8-32(79)38(85)13-25)53-46(93)22-50-58(64(53)96)62(68(100)72(103-50)26-4-9-33(80)39(86)14-26)54-42(89)19-35(82)29-18-47(94)69(104-74(29)54)23-1-6-30(77)36(83)11-23/h1-17,19-22,47,59-62,65-73,76-100H,18H2. The van der Waals surface area contributed by atoms with Crippen LogP contribution in [0.15, 0.2) is 127 Å². The lowest BCUT2D eigenvalue weighted by Crippen LogP contribution is -2.39. The van der Waals surface area contributed by atoms with Gasteiger partial charge in [-0.3, -0.25) is 0 Å². The first-order valence-corrected chi connectivity index (χ1v) is 32.1. The summed E-state index contributed by atoms with van der Waals surface area (Å²) in [6.07, 6.45) is -19.6. The van der Waals surface area contributed by atoms with E-state index in [1.165, 1.54) is 24.3 Å². The maximum absolute atomic E-state index is 13.6. The Bertz CT molecular complexity index is 5270. The van der Waals surface area contributed by atoms with Gasteiger partial charge in [0.1, 0.15) is 117 Å². The van der Waals surface area contributed by atoms with Crippen molar-refractivity contribution >= 4 is 0 Å². The second-order valence-corrected chi connectivity index (χ2v) is 26.3. The van der Waals surface area contributed by atoms with Crippen LogP contribution in [0.5, 0.6) is 144 Å². The molecule has 5 aliphatic rings. The monoisotopic (exact) mass is 1440 g/mol. The van der Waals surface area contributed by atoms with Gasteiger partial charge in [0.2, 0.25) is 0 Å². The molecule has 30 nitrogen and oxygen atoms in total. The highest BCUT2D eigenvalue weighted by molar-refractivity contribution is 5.75. The first kappa shape index (κ1) is 67.8. The van der Waals surface area contributed by atoms with E-state index in [0.717, 1.165) is 97.1 Å². The number of hydrogen-bond donors (Lipinski definition) is 25. The number of phenolic OH excluding ortho intramolecular Hbond substituents is 20. The van der Waals surface area contributed by atoms with Gasteiger partial charge in [0.25, 0.3) is 0 Å². The summed E-state index contributed by atoms with van der Waals surface area (Å²) < 4.78 is 32.0. The zero-order valence-corrected chi connectivity index (χ0v) is 53.6. The zero-order chi connectivity index (χ0) is 74.7. The largest absolute Gasteiger partial charge is 0.508 e. The number of aliphatic hydroxyl groups is 5. The van der Waals surface area contributed by atoms with Crippen molar-refractivity contribution in [2.75, 3.05) is 0 Å². The molecule has 0 bridgehead atoms. The van der Waals surface area contributed by atoms with E-state index in [2.05, 4.69) is 0 Å². The molecule has 0 aliphatic carbocycles. The van der Waals surface area contributed by atoms with Gasteiger partial charge in [-0.2, -0.15) is 0 Å². The van der Waals surface area contributed by atoms with Gasteiger partial charge in [-0.15, -0.1) is 0 Å². The average molecular weight is 1440 g/mol. The van der Waals surface area contributed by atoms with Crippen LogP contribution in [0.2, 0.25) is 0 Å². The molecule has 10 aromatic carbocycles.